The van der Waals surface area contributed by atoms with Crippen LogP contribution in [0.4, 0.5) is 10.2 Å². The standard InChI is InChI=1S/C8H12FN3O2/c9-7-5-8(12-6-11-7)10-1-3-14-4-2-13/h5-6,13H,1-4H2,(H,10,11,12). The van der Waals surface area contributed by atoms with E-state index in [-0.39, 0.29) is 6.61 Å². The maximum Gasteiger partial charge on any atom is 0.217 e. The minimum absolute atomic E-state index is 0.00212. The third-order valence-electron chi connectivity index (χ3n) is 1.42. The van der Waals surface area contributed by atoms with Crippen LogP contribution in [-0.4, -0.2) is 41.4 Å². The van der Waals surface area contributed by atoms with Gasteiger partial charge in [-0.05, 0) is 0 Å². The van der Waals surface area contributed by atoms with Gasteiger partial charge in [0.05, 0.1) is 19.8 Å². The van der Waals surface area contributed by atoms with Gasteiger partial charge in [-0.2, -0.15) is 4.39 Å². The van der Waals surface area contributed by atoms with Crippen molar-refractivity contribution in [3.8, 4) is 0 Å². The third-order valence-corrected chi connectivity index (χ3v) is 1.42. The van der Waals surface area contributed by atoms with Gasteiger partial charge >= 0.3 is 0 Å². The second-order valence-electron chi connectivity index (χ2n) is 2.49. The zero-order chi connectivity index (χ0) is 10.2. The fraction of sp³-hybridized carbons (Fsp3) is 0.500. The van der Waals surface area contributed by atoms with Crippen LogP contribution >= 0.6 is 0 Å². The molecule has 0 aliphatic heterocycles. The summed E-state index contributed by atoms with van der Waals surface area (Å²) in [4.78, 5) is 7.11. The molecule has 0 fully saturated rings. The second-order valence-corrected chi connectivity index (χ2v) is 2.49. The smallest absolute Gasteiger partial charge is 0.217 e. The van der Waals surface area contributed by atoms with Crippen LogP contribution in [0.5, 0.6) is 0 Å². The van der Waals surface area contributed by atoms with E-state index in [9.17, 15) is 4.39 Å². The van der Waals surface area contributed by atoms with Gasteiger partial charge in [-0.15, -0.1) is 0 Å². The first-order valence-corrected chi connectivity index (χ1v) is 4.23. The number of aromatic nitrogens is 2. The molecular weight excluding hydrogens is 189 g/mol. The number of hydrogen-bond acceptors (Lipinski definition) is 5. The molecule has 0 unspecified atom stereocenters. The number of anilines is 1. The molecule has 0 aliphatic carbocycles. The molecule has 0 amide bonds. The molecule has 1 rings (SSSR count). The molecule has 0 spiro atoms. The van der Waals surface area contributed by atoms with Crippen molar-refractivity contribution < 1.29 is 14.2 Å². The summed E-state index contributed by atoms with van der Waals surface area (Å²) in [6, 6.07) is 1.20. The summed E-state index contributed by atoms with van der Waals surface area (Å²) in [5.41, 5.74) is 0. The minimum Gasteiger partial charge on any atom is -0.394 e. The normalized spacial score (nSPS) is 10.1. The summed E-state index contributed by atoms with van der Waals surface area (Å²) in [6.07, 6.45) is 1.15. The van der Waals surface area contributed by atoms with E-state index in [4.69, 9.17) is 9.84 Å². The topological polar surface area (TPSA) is 67.3 Å². The zero-order valence-corrected chi connectivity index (χ0v) is 7.61. The first-order valence-electron chi connectivity index (χ1n) is 4.23. The molecule has 78 valence electrons. The van der Waals surface area contributed by atoms with Crippen LogP contribution in [0.1, 0.15) is 0 Å². The van der Waals surface area contributed by atoms with Crippen molar-refractivity contribution in [1.82, 2.24) is 9.97 Å². The van der Waals surface area contributed by atoms with Gasteiger partial charge in [0.25, 0.3) is 0 Å². The summed E-state index contributed by atoms with van der Waals surface area (Å²) >= 11 is 0. The lowest BCUT2D eigenvalue weighted by Gasteiger charge is -2.04. The van der Waals surface area contributed by atoms with Crippen molar-refractivity contribution in [3.63, 3.8) is 0 Å². The van der Waals surface area contributed by atoms with Crippen molar-refractivity contribution in [2.45, 2.75) is 0 Å². The average molecular weight is 201 g/mol. The van der Waals surface area contributed by atoms with Crippen LogP contribution in [-0.2, 0) is 4.74 Å². The molecular formula is C8H12FN3O2. The molecule has 1 aromatic heterocycles. The van der Waals surface area contributed by atoms with Gasteiger partial charge < -0.3 is 15.2 Å². The van der Waals surface area contributed by atoms with E-state index in [0.717, 1.165) is 6.33 Å². The van der Waals surface area contributed by atoms with Crippen LogP contribution in [0.3, 0.4) is 0 Å². The van der Waals surface area contributed by atoms with Gasteiger partial charge in [-0.25, -0.2) is 9.97 Å². The van der Waals surface area contributed by atoms with E-state index in [1.165, 1.54) is 6.07 Å². The molecule has 0 bridgehead atoms. The molecule has 1 aromatic rings. The van der Waals surface area contributed by atoms with Gasteiger partial charge in [-0.3, -0.25) is 0 Å². The highest BCUT2D eigenvalue weighted by Gasteiger charge is 1.95. The van der Waals surface area contributed by atoms with E-state index in [1.807, 2.05) is 0 Å². The highest BCUT2D eigenvalue weighted by molar-refractivity contribution is 5.31. The molecule has 0 aliphatic rings. The maximum atomic E-state index is 12.5. The first-order chi connectivity index (χ1) is 6.83. The number of rotatable bonds is 6. The van der Waals surface area contributed by atoms with Crippen LogP contribution in [0.2, 0.25) is 0 Å². The average Bonchev–Trinajstić information content (AvgIpc) is 2.18. The Bertz CT molecular complexity index is 273. The fourth-order valence-electron chi connectivity index (χ4n) is 0.848. The number of nitrogens with zero attached hydrogens (tertiary/aromatic N) is 2. The Morgan fingerprint density at radius 2 is 2.29 bits per heavy atom. The van der Waals surface area contributed by atoms with Gasteiger partial charge in [-0.1, -0.05) is 0 Å². The Kier molecular flexibility index (Phi) is 4.81. The lowest BCUT2D eigenvalue weighted by Crippen LogP contribution is -2.12. The molecule has 0 saturated carbocycles. The van der Waals surface area contributed by atoms with E-state index < -0.39 is 5.95 Å². The van der Waals surface area contributed by atoms with Crippen molar-refractivity contribution in [1.29, 1.82) is 0 Å². The Hall–Kier alpha value is -1.27. The zero-order valence-electron chi connectivity index (χ0n) is 7.61. The molecule has 6 heteroatoms. The van der Waals surface area contributed by atoms with E-state index in [0.29, 0.717) is 25.6 Å². The predicted octanol–water partition coefficient (Wildman–Crippen LogP) is 0.0365. The molecule has 14 heavy (non-hydrogen) atoms. The minimum atomic E-state index is -0.571. The Morgan fingerprint density at radius 1 is 1.43 bits per heavy atom. The highest BCUT2D eigenvalue weighted by atomic mass is 19.1. The molecule has 0 saturated heterocycles. The number of halogens is 1. The van der Waals surface area contributed by atoms with Crippen LogP contribution < -0.4 is 5.32 Å². The highest BCUT2D eigenvalue weighted by Crippen LogP contribution is 2.00. The Labute approximate surface area is 81.0 Å². The van der Waals surface area contributed by atoms with E-state index in [2.05, 4.69) is 15.3 Å². The Morgan fingerprint density at radius 3 is 3.00 bits per heavy atom. The summed E-state index contributed by atoms with van der Waals surface area (Å²) < 4.78 is 17.5. The molecule has 2 N–H and O–H groups in total. The van der Waals surface area contributed by atoms with Crippen molar-refractivity contribution in [2.24, 2.45) is 0 Å². The summed E-state index contributed by atoms with van der Waals surface area (Å²) in [6.45, 7) is 1.25. The van der Waals surface area contributed by atoms with Crippen molar-refractivity contribution in [3.05, 3.63) is 18.3 Å². The predicted molar refractivity (Wildman–Crippen MR) is 48.4 cm³/mol. The van der Waals surface area contributed by atoms with Crippen molar-refractivity contribution >= 4 is 5.82 Å². The Balaban J connectivity index is 2.18. The third kappa shape index (κ3) is 4.11. The van der Waals surface area contributed by atoms with Crippen LogP contribution in [0, 0.1) is 5.95 Å². The lowest BCUT2D eigenvalue weighted by molar-refractivity contribution is 0.0992. The van der Waals surface area contributed by atoms with Gasteiger partial charge in [0.2, 0.25) is 5.95 Å². The monoisotopic (exact) mass is 201 g/mol. The maximum absolute atomic E-state index is 12.5. The van der Waals surface area contributed by atoms with Crippen LogP contribution in [0.15, 0.2) is 12.4 Å². The van der Waals surface area contributed by atoms with Crippen LogP contribution in [0.25, 0.3) is 0 Å². The second kappa shape index (κ2) is 6.22. The number of hydrogen-bond donors (Lipinski definition) is 2. The molecule has 1 heterocycles. The molecule has 5 nitrogen and oxygen atoms in total. The quantitative estimate of drug-likeness (QED) is 0.502. The SMILES string of the molecule is OCCOCCNc1cc(F)ncn1. The first kappa shape index (κ1) is 10.8. The fourth-order valence-corrected chi connectivity index (χ4v) is 0.848. The lowest BCUT2D eigenvalue weighted by atomic mass is 10.5. The molecule has 0 atom stereocenters. The van der Waals surface area contributed by atoms with E-state index >= 15 is 0 Å². The summed E-state index contributed by atoms with van der Waals surface area (Å²) in [7, 11) is 0. The summed E-state index contributed by atoms with van der Waals surface area (Å²) in [5, 5.41) is 11.3. The number of nitrogens with one attached hydrogen (secondary N) is 1. The van der Waals surface area contributed by atoms with Gasteiger partial charge in [0.15, 0.2) is 0 Å². The van der Waals surface area contributed by atoms with Crippen molar-refractivity contribution in [2.75, 3.05) is 31.7 Å². The molecule has 0 aromatic carbocycles. The number of aliphatic hydroxyl groups is 1. The van der Waals surface area contributed by atoms with Gasteiger partial charge in [0, 0.05) is 12.6 Å². The number of ether oxygens (including phenoxy) is 1. The van der Waals surface area contributed by atoms with Gasteiger partial charge in [0.1, 0.15) is 12.1 Å². The van der Waals surface area contributed by atoms with E-state index in [1.54, 1.807) is 0 Å². The summed E-state index contributed by atoms with van der Waals surface area (Å²) in [5.74, 6) is -0.149. The molecule has 0 radical (unpaired) electrons. The largest absolute Gasteiger partial charge is 0.394 e. The number of aliphatic hydroxyl groups excluding tert-OH is 1.